The van der Waals surface area contributed by atoms with Crippen molar-refractivity contribution in [3.63, 3.8) is 0 Å². The molecule has 0 aliphatic rings. The van der Waals surface area contributed by atoms with E-state index in [0.29, 0.717) is 17.1 Å². The van der Waals surface area contributed by atoms with Crippen LogP contribution in [0.4, 0.5) is 0 Å². The van der Waals surface area contributed by atoms with Crippen molar-refractivity contribution in [2.75, 3.05) is 0 Å². The molecule has 0 radical (unpaired) electrons. The Bertz CT molecular complexity index is 465. The molecule has 5 nitrogen and oxygen atoms in total. The van der Waals surface area contributed by atoms with Gasteiger partial charge in [-0.2, -0.15) is 0 Å². The minimum Gasteiger partial charge on any atom is -0.481 e. The normalized spacial score (nSPS) is 10.1. The molecule has 2 aromatic heterocycles. The average molecular weight is 204 g/mol. The molecule has 0 saturated heterocycles. The molecule has 0 fully saturated rings. The number of carboxylic acids is 1. The number of pyridine rings is 1. The van der Waals surface area contributed by atoms with Crippen molar-refractivity contribution in [2.24, 2.45) is 0 Å². The predicted octanol–water partition coefficient (Wildman–Crippen LogP) is 1.36. The van der Waals surface area contributed by atoms with E-state index in [1.165, 1.54) is 6.39 Å². The first-order valence-corrected chi connectivity index (χ1v) is 4.33. The molecule has 5 heteroatoms. The van der Waals surface area contributed by atoms with Gasteiger partial charge in [0.2, 0.25) is 0 Å². The van der Waals surface area contributed by atoms with Gasteiger partial charge in [0, 0.05) is 6.20 Å². The summed E-state index contributed by atoms with van der Waals surface area (Å²) in [6.45, 7) is 0. The number of nitrogens with zero attached hydrogens (tertiary/aromatic N) is 2. The van der Waals surface area contributed by atoms with Crippen LogP contribution in [0.1, 0.15) is 5.76 Å². The molecule has 2 aromatic rings. The van der Waals surface area contributed by atoms with E-state index in [2.05, 4.69) is 9.97 Å². The van der Waals surface area contributed by atoms with Crippen LogP contribution >= 0.6 is 0 Å². The van der Waals surface area contributed by atoms with Crippen LogP contribution in [0.3, 0.4) is 0 Å². The summed E-state index contributed by atoms with van der Waals surface area (Å²) in [4.78, 5) is 18.6. The van der Waals surface area contributed by atoms with Crippen molar-refractivity contribution >= 4 is 5.97 Å². The Morgan fingerprint density at radius 1 is 1.40 bits per heavy atom. The number of hydrogen-bond acceptors (Lipinski definition) is 4. The fourth-order valence-electron chi connectivity index (χ4n) is 1.25. The lowest BCUT2D eigenvalue weighted by atomic mass is 10.2. The first kappa shape index (κ1) is 9.39. The third-order valence-electron chi connectivity index (χ3n) is 1.86. The van der Waals surface area contributed by atoms with Gasteiger partial charge in [-0.05, 0) is 12.1 Å². The summed E-state index contributed by atoms with van der Waals surface area (Å²) in [6.07, 6.45) is 2.66. The molecular weight excluding hydrogens is 196 g/mol. The second-order valence-electron chi connectivity index (χ2n) is 2.91. The van der Waals surface area contributed by atoms with Gasteiger partial charge in [0.1, 0.15) is 17.9 Å². The minimum absolute atomic E-state index is 0.189. The topological polar surface area (TPSA) is 76.2 Å². The largest absolute Gasteiger partial charge is 0.481 e. The van der Waals surface area contributed by atoms with Crippen molar-refractivity contribution in [2.45, 2.75) is 6.42 Å². The summed E-state index contributed by atoms with van der Waals surface area (Å²) in [5.74, 6) is -0.634. The SMILES string of the molecule is O=C(O)Cc1ocnc1-c1ccccn1. The van der Waals surface area contributed by atoms with E-state index in [9.17, 15) is 4.79 Å². The molecule has 0 aromatic carbocycles. The van der Waals surface area contributed by atoms with Gasteiger partial charge >= 0.3 is 5.97 Å². The van der Waals surface area contributed by atoms with E-state index < -0.39 is 5.97 Å². The number of oxazole rings is 1. The highest BCUT2D eigenvalue weighted by molar-refractivity contribution is 5.72. The molecule has 76 valence electrons. The van der Waals surface area contributed by atoms with Crippen molar-refractivity contribution < 1.29 is 14.3 Å². The maximum atomic E-state index is 10.5. The summed E-state index contributed by atoms with van der Waals surface area (Å²) in [5.41, 5.74) is 1.10. The average Bonchev–Trinajstić information content (AvgIpc) is 2.66. The summed E-state index contributed by atoms with van der Waals surface area (Å²) in [7, 11) is 0. The fourth-order valence-corrected chi connectivity index (χ4v) is 1.25. The smallest absolute Gasteiger partial charge is 0.311 e. The molecule has 0 atom stereocenters. The number of carboxylic acid groups (broad SMARTS) is 1. The molecule has 2 rings (SSSR count). The van der Waals surface area contributed by atoms with Crippen LogP contribution in [0.5, 0.6) is 0 Å². The predicted molar refractivity (Wildman–Crippen MR) is 51.1 cm³/mol. The van der Waals surface area contributed by atoms with Gasteiger partial charge in [-0.15, -0.1) is 0 Å². The van der Waals surface area contributed by atoms with Gasteiger partial charge in [0.05, 0.1) is 5.69 Å². The minimum atomic E-state index is -0.955. The quantitative estimate of drug-likeness (QED) is 0.816. The highest BCUT2D eigenvalue weighted by atomic mass is 16.4. The highest BCUT2D eigenvalue weighted by Crippen LogP contribution is 2.19. The van der Waals surface area contributed by atoms with Crippen LogP contribution in [0.15, 0.2) is 35.2 Å². The van der Waals surface area contributed by atoms with Crippen LogP contribution in [-0.4, -0.2) is 21.0 Å². The number of rotatable bonds is 3. The second-order valence-corrected chi connectivity index (χ2v) is 2.91. The summed E-state index contributed by atoms with van der Waals surface area (Å²) >= 11 is 0. The first-order valence-electron chi connectivity index (χ1n) is 4.33. The molecule has 0 spiro atoms. The maximum absolute atomic E-state index is 10.5. The Kier molecular flexibility index (Phi) is 2.45. The lowest BCUT2D eigenvalue weighted by Gasteiger charge is -1.96. The Morgan fingerprint density at radius 2 is 2.27 bits per heavy atom. The van der Waals surface area contributed by atoms with Gasteiger partial charge in [0.25, 0.3) is 0 Å². The van der Waals surface area contributed by atoms with E-state index in [-0.39, 0.29) is 6.42 Å². The van der Waals surface area contributed by atoms with Gasteiger partial charge in [0.15, 0.2) is 6.39 Å². The van der Waals surface area contributed by atoms with Gasteiger partial charge in [-0.25, -0.2) is 4.98 Å². The van der Waals surface area contributed by atoms with E-state index in [0.717, 1.165) is 0 Å². The summed E-state index contributed by atoms with van der Waals surface area (Å²) in [5, 5.41) is 8.65. The highest BCUT2D eigenvalue weighted by Gasteiger charge is 2.14. The number of aromatic nitrogens is 2. The zero-order chi connectivity index (χ0) is 10.7. The van der Waals surface area contributed by atoms with Crippen molar-refractivity contribution in [1.29, 1.82) is 0 Å². The second kappa shape index (κ2) is 3.91. The van der Waals surface area contributed by atoms with Crippen LogP contribution in [0.2, 0.25) is 0 Å². The van der Waals surface area contributed by atoms with Crippen LogP contribution < -0.4 is 0 Å². The number of carbonyl (C=O) groups is 1. The summed E-state index contributed by atoms with van der Waals surface area (Å²) < 4.78 is 5.00. The number of hydrogen-bond donors (Lipinski definition) is 1. The molecule has 0 bridgehead atoms. The number of aliphatic carboxylic acids is 1. The summed E-state index contributed by atoms with van der Waals surface area (Å²) in [6, 6.07) is 5.34. The van der Waals surface area contributed by atoms with Gasteiger partial charge in [-0.3, -0.25) is 9.78 Å². The van der Waals surface area contributed by atoms with Crippen molar-refractivity contribution in [1.82, 2.24) is 9.97 Å². The van der Waals surface area contributed by atoms with Crippen LogP contribution in [0.25, 0.3) is 11.4 Å². The lowest BCUT2D eigenvalue weighted by molar-refractivity contribution is -0.136. The third-order valence-corrected chi connectivity index (χ3v) is 1.86. The van der Waals surface area contributed by atoms with E-state index in [1.807, 2.05) is 6.07 Å². The van der Waals surface area contributed by atoms with Crippen LogP contribution in [0, 0.1) is 0 Å². The lowest BCUT2D eigenvalue weighted by Crippen LogP contribution is -2.00. The molecule has 0 aliphatic carbocycles. The Labute approximate surface area is 85.4 Å². The molecule has 15 heavy (non-hydrogen) atoms. The molecule has 2 heterocycles. The van der Waals surface area contributed by atoms with Crippen LogP contribution in [-0.2, 0) is 11.2 Å². The van der Waals surface area contributed by atoms with Crippen molar-refractivity contribution in [3.8, 4) is 11.4 Å². The van der Waals surface area contributed by atoms with Gasteiger partial charge in [-0.1, -0.05) is 6.07 Å². The first-order chi connectivity index (χ1) is 7.27. The van der Waals surface area contributed by atoms with E-state index in [1.54, 1.807) is 18.3 Å². The Morgan fingerprint density at radius 3 is 2.93 bits per heavy atom. The molecule has 0 aliphatic heterocycles. The molecule has 0 amide bonds. The van der Waals surface area contributed by atoms with Crippen molar-refractivity contribution in [3.05, 3.63) is 36.5 Å². The molecule has 0 unspecified atom stereocenters. The zero-order valence-corrected chi connectivity index (χ0v) is 7.75. The fraction of sp³-hybridized carbons (Fsp3) is 0.100. The zero-order valence-electron chi connectivity index (χ0n) is 7.75. The molecule has 0 saturated carbocycles. The molecule has 1 N–H and O–H groups in total. The van der Waals surface area contributed by atoms with Gasteiger partial charge < -0.3 is 9.52 Å². The standard InChI is InChI=1S/C10H8N2O3/c13-9(14)5-8-10(12-6-15-8)7-3-1-2-4-11-7/h1-4,6H,5H2,(H,13,14). The third kappa shape index (κ3) is 2.01. The maximum Gasteiger partial charge on any atom is 0.311 e. The van der Waals surface area contributed by atoms with E-state index >= 15 is 0 Å². The monoisotopic (exact) mass is 204 g/mol. The molecular formula is C10H8N2O3. The van der Waals surface area contributed by atoms with E-state index in [4.69, 9.17) is 9.52 Å². The Hall–Kier alpha value is -2.17. The Balaban J connectivity index is 2.37.